The zero-order chi connectivity index (χ0) is 11.8. The van der Waals surface area contributed by atoms with Gasteiger partial charge in [0.25, 0.3) is 0 Å². The van der Waals surface area contributed by atoms with Crippen LogP contribution in [0.4, 0.5) is 0 Å². The third kappa shape index (κ3) is 7.11. The highest BCUT2D eigenvalue weighted by atomic mass is 16.2. The molecule has 0 unspecified atom stereocenters. The predicted molar refractivity (Wildman–Crippen MR) is 63.9 cm³/mol. The van der Waals surface area contributed by atoms with Gasteiger partial charge in [0.1, 0.15) is 0 Å². The SMILES string of the molecule is C=CC(=O)N(CCN(C)C)CCN(C)C. The highest BCUT2D eigenvalue weighted by Crippen LogP contribution is 1.93. The lowest BCUT2D eigenvalue weighted by Crippen LogP contribution is -2.39. The van der Waals surface area contributed by atoms with Crippen LogP contribution in [-0.4, -0.2) is 75.0 Å². The average Bonchev–Trinajstić information content (AvgIpc) is 2.16. The lowest BCUT2D eigenvalue weighted by Gasteiger charge is -2.24. The molecule has 0 N–H and O–H groups in total. The lowest BCUT2D eigenvalue weighted by atomic mass is 10.4. The molecule has 88 valence electrons. The zero-order valence-electron chi connectivity index (χ0n) is 10.4. The number of rotatable bonds is 7. The highest BCUT2D eigenvalue weighted by Gasteiger charge is 2.09. The molecule has 0 rings (SSSR count). The summed E-state index contributed by atoms with van der Waals surface area (Å²) in [6.45, 7) is 6.79. The van der Waals surface area contributed by atoms with Gasteiger partial charge < -0.3 is 14.7 Å². The van der Waals surface area contributed by atoms with E-state index in [0.717, 1.165) is 26.2 Å². The second-order valence-electron chi connectivity index (χ2n) is 4.14. The Hall–Kier alpha value is -0.870. The van der Waals surface area contributed by atoms with E-state index in [0.29, 0.717) is 0 Å². The molecule has 0 aromatic heterocycles. The van der Waals surface area contributed by atoms with Crippen LogP contribution in [-0.2, 0) is 4.79 Å². The molecule has 0 fully saturated rings. The first-order valence-electron chi connectivity index (χ1n) is 5.18. The van der Waals surface area contributed by atoms with Crippen molar-refractivity contribution in [2.24, 2.45) is 0 Å². The molecule has 0 aromatic carbocycles. The number of nitrogens with zero attached hydrogens (tertiary/aromatic N) is 3. The number of likely N-dealkylation sites (N-methyl/N-ethyl adjacent to an activating group) is 2. The Kier molecular flexibility index (Phi) is 6.99. The predicted octanol–water partition coefficient (Wildman–Crippen LogP) is 0.124. The van der Waals surface area contributed by atoms with Gasteiger partial charge in [0.15, 0.2) is 0 Å². The number of hydrogen-bond donors (Lipinski definition) is 0. The van der Waals surface area contributed by atoms with E-state index in [1.165, 1.54) is 6.08 Å². The molecule has 0 aromatic rings. The maximum atomic E-state index is 11.5. The molecule has 15 heavy (non-hydrogen) atoms. The van der Waals surface area contributed by atoms with E-state index < -0.39 is 0 Å². The molecule has 0 spiro atoms. The topological polar surface area (TPSA) is 26.8 Å². The van der Waals surface area contributed by atoms with Gasteiger partial charge in [-0.2, -0.15) is 0 Å². The smallest absolute Gasteiger partial charge is 0.246 e. The molecule has 1 amide bonds. The van der Waals surface area contributed by atoms with Crippen LogP contribution in [0.1, 0.15) is 0 Å². The molecule has 0 aliphatic rings. The zero-order valence-corrected chi connectivity index (χ0v) is 10.4. The summed E-state index contributed by atoms with van der Waals surface area (Å²) in [6.07, 6.45) is 1.38. The first-order valence-corrected chi connectivity index (χ1v) is 5.18. The van der Waals surface area contributed by atoms with E-state index in [1.807, 2.05) is 33.1 Å². The maximum Gasteiger partial charge on any atom is 0.246 e. The monoisotopic (exact) mass is 213 g/mol. The van der Waals surface area contributed by atoms with Crippen LogP contribution < -0.4 is 0 Å². The van der Waals surface area contributed by atoms with Crippen LogP contribution in [0, 0.1) is 0 Å². The van der Waals surface area contributed by atoms with Gasteiger partial charge in [0, 0.05) is 26.2 Å². The largest absolute Gasteiger partial charge is 0.337 e. The summed E-state index contributed by atoms with van der Waals surface area (Å²) >= 11 is 0. The van der Waals surface area contributed by atoms with Crippen molar-refractivity contribution in [3.05, 3.63) is 12.7 Å². The summed E-state index contributed by atoms with van der Waals surface area (Å²) < 4.78 is 0. The van der Waals surface area contributed by atoms with Gasteiger partial charge in [-0.3, -0.25) is 4.79 Å². The fourth-order valence-corrected chi connectivity index (χ4v) is 1.10. The van der Waals surface area contributed by atoms with Crippen molar-refractivity contribution >= 4 is 5.91 Å². The maximum absolute atomic E-state index is 11.5. The highest BCUT2D eigenvalue weighted by molar-refractivity contribution is 5.86. The van der Waals surface area contributed by atoms with Crippen LogP contribution in [0.15, 0.2) is 12.7 Å². The summed E-state index contributed by atoms with van der Waals surface area (Å²) in [7, 11) is 8.01. The summed E-state index contributed by atoms with van der Waals surface area (Å²) in [4.78, 5) is 17.5. The van der Waals surface area contributed by atoms with Crippen LogP contribution in [0.25, 0.3) is 0 Å². The van der Waals surface area contributed by atoms with Crippen molar-refractivity contribution in [3.8, 4) is 0 Å². The minimum absolute atomic E-state index is 0.0127. The van der Waals surface area contributed by atoms with Crippen molar-refractivity contribution < 1.29 is 4.79 Å². The molecule has 0 aliphatic heterocycles. The Bertz CT molecular complexity index is 190. The van der Waals surface area contributed by atoms with Gasteiger partial charge in [0.05, 0.1) is 0 Å². The van der Waals surface area contributed by atoms with Gasteiger partial charge in [-0.15, -0.1) is 0 Å². The van der Waals surface area contributed by atoms with E-state index in [1.54, 1.807) is 0 Å². The first kappa shape index (κ1) is 14.1. The molecular formula is C11H23N3O. The van der Waals surface area contributed by atoms with Crippen LogP contribution in [0.2, 0.25) is 0 Å². The van der Waals surface area contributed by atoms with Crippen LogP contribution in [0.3, 0.4) is 0 Å². The summed E-state index contributed by atoms with van der Waals surface area (Å²) in [5.74, 6) is 0.0127. The normalized spacial score (nSPS) is 10.8. The van der Waals surface area contributed by atoms with Gasteiger partial charge >= 0.3 is 0 Å². The number of carbonyl (C=O) groups excluding carboxylic acids is 1. The van der Waals surface area contributed by atoms with Crippen molar-refractivity contribution in [2.75, 3.05) is 54.4 Å². The van der Waals surface area contributed by atoms with E-state index in [9.17, 15) is 4.79 Å². The quantitative estimate of drug-likeness (QED) is 0.562. The Labute approximate surface area is 93.1 Å². The van der Waals surface area contributed by atoms with Crippen molar-refractivity contribution in [3.63, 3.8) is 0 Å². The Morgan fingerprint density at radius 3 is 1.67 bits per heavy atom. The average molecular weight is 213 g/mol. The van der Waals surface area contributed by atoms with E-state index >= 15 is 0 Å². The fourth-order valence-electron chi connectivity index (χ4n) is 1.10. The van der Waals surface area contributed by atoms with Crippen molar-refractivity contribution in [1.29, 1.82) is 0 Å². The number of hydrogen-bond acceptors (Lipinski definition) is 3. The summed E-state index contributed by atoms with van der Waals surface area (Å²) in [5.41, 5.74) is 0. The minimum atomic E-state index is 0.0127. The minimum Gasteiger partial charge on any atom is -0.337 e. The summed E-state index contributed by atoms with van der Waals surface area (Å²) in [5, 5.41) is 0. The molecule has 4 heteroatoms. The third-order valence-electron chi connectivity index (χ3n) is 2.12. The second-order valence-corrected chi connectivity index (χ2v) is 4.14. The van der Waals surface area contributed by atoms with Gasteiger partial charge in [-0.25, -0.2) is 0 Å². The Balaban J connectivity index is 4.06. The van der Waals surface area contributed by atoms with E-state index in [2.05, 4.69) is 16.4 Å². The molecular weight excluding hydrogens is 190 g/mol. The van der Waals surface area contributed by atoms with Gasteiger partial charge in [0.2, 0.25) is 5.91 Å². The van der Waals surface area contributed by atoms with Gasteiger partial charge in [-0.05, 0) is 34.3 Å². The Morgan fingerprint density at radius 2 is 1.40 bits per heavy atom. The number of amides is 1. The van der Waals surface area contributed by atoms with Crippen LogP contribution >= 0.6 is 0 Å². The number of carbonyl (C=O) groups is 1. The van der Waals surface area contributed by atoms with E-state index in [4.69, 9.17) is 0 Å². The fraction of sp³-hybridized carbons (Fsp3) is 0.727. The molecule has 0 bridgehead atoms. The van der Waals surface area contributed by atoms with Crippen LogP contribution in [0.5, 0.6) is 0 Å². The first-order chi connectivity index (χ1) is 6.97. The lowest BCUT2D eigenvalue weighted by molar-refractivity contribution is -0.126. The van der Waals surface area contributed by atoms with Gasteiger partial charge in [-0.1, -0.05) is 6.58 Å². The molecule has 0 saturated heterocycles. The molecule has 0 radical (unpaired) electrons. The molecule has 0 heterocycles. The second kappa shape index (κ2) is 7.43. The van der Waals surface area contributed by atoms with E-state index in [-0.39, 0.29) is 5.91 Å². The standard InChI is InChI=1S/C11H23N3O/c1-6-11(15)14(9-7-12(2)3)10-8-13(4)5/h6H,1,7-10H2,2-5H3. The van der Waals surface area contributed by atoms with Crippen molar-refractivity contribution in [1.82, 2.24) is 14.7 Å². The van der Waals surface area contributed by atoms with Crippen molar-refractivity contribution in [2.45, 2.75) is 0 Å². The molecule has 0 aliphatic carbocycles. The molecule has 0 atom stereocenters. The summed E-state index contributed by atoms with van der Waals surface area (Å²) in [6, 6.07) is 0. The molecule has 0 saturated carbocycles. The Morgan fingerprint density at radius 1 is 1.00 bits per heavy atom. The third-order valence-corrected chi connectivity index (χ3v) is 2.12. The molecule has 4 nitrogen and oxygen atoms in total.